The lowest BCUT2D eigenvalue weighted by Crippen LogP contribution is -2.25. The van der Waals surface area contributed by atoms with Crippen molar-refractivity contribution in [2.24, 2.45) is 0 Å². The smallest absolute Gasteiger partial charge is 0.251 e. The van der Waals surface area contributed by atoms with Gasteiger partial charge < -0.3 is 10.1 Å². The molecule has 3 aromatic rings. The number of hydrogen-bond donors (Lipinski definition) is 1. The third kappa shape index (κ3) is 4.64. The SMILES string of the molecule is CCOc1ccc(C(=O)NCCc2csc(-c3cccnc3)n2)cc1. The molecule has 1 aromatic carbocycles. The second kappa shape index (κ2) is 8.39. The van der Waals surface area contributed by atoms with Crippen LogP contribution in [0.5, 0.6) is 5.75 Å². The molecule has 0 spiro atoms. The van der Waals surface area contributed by atoms with Crippen LogP contribution in [-0.2, 0) is 6.42 Å². The number of aromatic nitrogens is 2. The molecule has 0 fully saturated rings. The van der Waals surface area contributed by atoms with Gasteiger partial charge in [0, 0.05) is 41.9 Å². The minimum Gasteiger partial charge on any atom is -0.494 e. The molecule has 3 rings (SSSR count). The molecule has 0 unspecified atom stereocenters. The summed E-state index contributed by atoms with van der Waals surface area (Å²) >= 11 is 1.59. The van der Waals surface area contributed by atoms with E-state index in [1.54, 1.807) is 48.0 Å². The molecule has 1 N–H and O–H groups in total. The van der Waals surface area contributed by atoms with Gasteiger partial charge in [-0.25, -0.2) is 4.98 Å². The van der Waals surface area contributed by atoms with Gasteiger partial charge in [0.25, 0.3) is 5.91 Å². The second-order valence-corrected chi connectivity index (χ2v) is 6.21. The highest BCUT2D eigenvalue weighted by atomic mass is 32.1. The zero-order valence-electron chi connectivity index (χ0n) is 13.9. The van der Waals surface area contributed by atoms with Crippen LogP contribution in [0.15, 0.2) is 54.2 Å². The molecule has 2 aromatic heterocycles. The lowest BCUT2D eigenvalue weighted by Gasteiger charge is -2.06. The summed E-state index contributed by atoms with van der Waals surface area (Å²) in [5, 5.41) is 5.88. The molecule has 128 valence electrons. The predicted molar refractivity (Wildman–Crippen MR) is 99.0 cm³/mol. The van der Waals surface area contributed by atoms with E-state index in [9.17, 15) is 4.79 Å². The van der Waals surface area contributed by atoms with Gasteiger partial charge in [-0.3, -0.25) is 9.78 Å². The Morgan fingerprint density at radius 3 is 2.80 bits per heavy atom. The number of hydrogen-bond acceptors (Lipinski definition) is 5. The fraction of sp³-hybridized carbons (Fsp3) is 0.211. The van der Waals surface area contributed by atoms with Crippen LogP contribution in [0.25, 0.3) is 10.6 Å². The Hall–Kier alpha value is -2.73. The first kappa shape index (κ1) is 17.1. The molecular weight excluding hydrogens is 334 g/mol. The zero-order valence-corrected chi connectivity index (χ0v) is 14.8. The number of rotatable bonds is 7. The average molecular weight is 353 g/mol. The fourth-order valence-electron chi connectivity index (χ4n) is 2.32. The zero-order chi connectivity index (χ0) is 17.5. The van der Waals surface area contributed by atoms with Gasteiger partial charge in [-0.1, -0.05) is 0 Å². The third-order valence-electron chi connectivity index (χ3n) is 3.55. The molecule has 1 amide bonds. The molecule has 0 bridgehead atoms. The van der Waals surface area contributed by atoms with E-state index in [4.69, 9.17) is 4.74 Å². The van der Waals surface area contributed by atoms with Crippen molar-refractivity contribution >= 4 is 17.2 Å². The van der Waals surface area contributed by atoms with E-state index in [2.05, 4.69) is 15.3 Å². The predicted octanol–water partition coefficient (Wildman–Crippen LogP) is 3.58. The maximum absolute atomic E-state index is 12.2. The van der Waals surface area contributed by atoms with Gasteiger partial charge in [0.05, 0.1) is 12.3 Å². The number of pyridine rings is 1. The van der Waals surface area contributed by atoms with E-state index in [-0.39, 0.29) is 5.91 Å². The largest absolute Gasteiger partial charge is 0.494 e. The van der Waals surface area contributed by atoms with Gasteiger partial charge in [-0.2, -0.15) is 0 Å². The molecule has 0 aliphatic carbocycles. The quantitative estimate of drug-likeness (QED) is 0.705. The molecule has 25 heavy (non-hydrogen) atoms. The minimum atomic E-state index is -0.0919. The van der Waals surface area contributed by atoms with Gasteiger partial charge in [0.15, 0.2) is 0 Å². The van der Waals surface area contributed by atoms with Crippen LogP contribution in [-0.4, -0.2) is 29.0 Å². The lowest BCUT2D eigenvalue weighted by molar-refractivity contribution is 0.0954. The number of thiazole rings is 1. The number of benzene rings is 1. The van der Waals surface area contributed by atoms with Gasteiger partial charge in [0.1, 0.15) is 10.8 Å². The first-order chi connectivity index (χ1) is 12.3. The van der Waals surface area contributed by atoms with Gasteiger partial charge in [0.2, 0.25) is 0 Å². The topological polar surface area (TPSA) is 64.1 Å². The Kier molecular flexibility index (Phi) is 5.74. The summed E-state index contributed by atoms with van der Waals surface area (Å²) in [6, 6.07) is 11.0. The van der Waals surface area contributed by atoms with Crippen molar-refractivity contribution in [1.82, 2.24) is 15.3 Å². The number of nitrogens with one attached hydrogen (secondary N) is 1. The number of carbonyl (C=O) groups excluding carboxylic acids is 1. The number of carbonyl (C=O) groups is 1. The Bertz CT molecular complexity index is 816. The molecule has 6 heteroatoms. The second-order valence-electron chi connectivity index (χ2n) is 5.35. The number of amides is 1. The molecule has 0 aliphatic heterocycles. The summed E-state index contributed by atoms with van der Waals surface area (Å²) in [4.78, 5) is 20.9. The Morgan fingerprint density at radius 1 is 1.24 bits per heavy atom. The van der Waals surface area contributed by atoms with E-state index in [1.807, 2.05) is 24.4 Å². The molecule has 0 atom stereocenters. The van der Waals surface area contributed by atoms with Crippen LogP contribution in [0.2, 0.25) is 0 Å². The summed E-state index contributed by atoms with van der Waals surface area (Å²) in [5.74, 6) is 0.676. The number of nitrogens with zero attached hydrogens (tertiary/aromatic N) is 2. The molecule has 2 heterocycles. The van der Waals surface area contributed by atoms with Gasteiger partial charge in [-0.05, 0) is 43.3 Å². The van der Waals surface area contributed by atoms with Crippen molar-refractivity contribution in [1.29, 1.82) is 0 Å². The highest BCUT2D eigenvalue weighted by molar-refractivity contribution is 7.13. The van der Waals surface area contributed by atoms with Crippen molar-refractivity contribution in [3.63, 3.8) is 0 Å². The van der Waals surface area contributed by atoms with Crippen molar-refractivity contribution in [3.05, 3.63) is 65.4 Å². The summed E-state index contributed by atoms with van der Waals surface area (Å²) in [6.45, 7) is 3.08. The molecule has 5 nitrogen and oxygen atoms in total. The van der Waals surface area contributed by atoms with Crippen molar-refractivity contribution in [3.8, 4) is 16.3 Å². The average Bonchev–Trinajstić information content (AvgIpc) is 3.12. The summed E-state index contributed by atoms with van der Waals surface area (Å²) in [5.41, 5.74) is 2.60. The van der Waals surface area contributed by atoms with Crippen LogP contribution in [0.1, 0.15) is 23.0 Å². The molecular formula is C19H19N3O2S. The van der Waals surface area contributed by atoms with E-state index < -0.39 is 0 Å². The molecule has 0 radical (unpaired) electrons. The van der Waals surface area contributed by atoms with Gasteiger partial charge >= 0.3 is 0 Å². The Balaban J connectivity index is 1.51. The minimum absolute atomic E-state index is 0.0919. The highest BCUT2D eigenvalue weighted by Gasteiger charge is 2.07. The van der Waals surface area contributed by atoms with Crippen molar-refractivity contribution < 1.29 is 9.53 Å². The first-order valence-electron chi connectivity index (χ1n) is 8.12. The first-order valence-corrected chi connectivity index (χ1v) is 9.00. The maximum Gasteiger partial charge on any atom is 0.251 e. The molecule has 0 saturated carbocycles. The Labute approximate surface area is 150 Å². The van der Waals surface area contributed by atoms with Crippen molar-refractivity contribution in [2.45, 2.75) is 13.3 Å². The summed E-state index contributed by atoms with van der Waals surface area (Å²) in [7, 11) is 0. The Morgan fingerprint density at radius 2 is 2.08 bits per heavy atom. The summed E-state index contributed by atoms with van der Waals surface area (Å²) in [6.07, 6.45) is 4.24. The number of ether oxygens (including phenoxy) is 1. The van der Waals surface area contributed by atoms with E-state index in [0.29, 0.717) is 25.1 Å². The van der Waals surface area contributed by atoms with Crippen LogP contribution < -0.4 is 10.1 Å². The molecule has 0 aliphatic rings. The van der Waals surface area contributed by atoms with Gasteiger partial charge in [-0.15, -0.1) is 11.3 Å². The lowest BCUT2D eigenvalue weighted by atomic mass is 10.2. The van der Waals surface area contributed by atoms with E-state index >= 15 is 0 Å². The van der Waals surface area contributed by atoms with Crippen LogP contribution in [0, 0.1) is 0 Å². The summed E-state index contributed by atoms with van der Waals surface area (Å²) < 4.78 is 5.38. The van der Waals surface area contributed by atoms with Crippen LogP contribution in [0.4, 0.5) is 0 Å². The van der Waals surface area contributed by atoms with E-state index in [0.717, 1.165) is 22.0 Å². The fourth-order valence-corrected chi connectivity index (χ4v) is 3.16. The monoisotopic (exact) mass is 353 g/mol. The van der Waals surface area contributed by atoms with Crippen LogP contribution in [0.3, 0.4) is 0 Å². The third-order valence-corrected chi connectivity index (χ3v) is 4.49. The molecule has 0 saturated heterocycles. The van der Waals surface area contributed by atoms with E-state index in [1.165, 1.54) is 0 Å². The maximum atomic E-state index is 12.2. The highest BCUT2D eigenvalue weighted by Crippen LogP contribution is 2.22. The standard InChI is InChI=1S/C19H19N3O2S/c1-2-24-17-7-5-14(6-8-17)18(23)21-11-9-16-13-25-19(22-16)15-4-3-10-20-12-15/h3-8,10,12-13H,2,9,11H2,1H3,(H,21,23). The van der Waals surface area contributed by atoms with Crippen molar-refractivity contribution in [2.75, 3.05) is 13.2 Å². The normalized spacial score (nSPS) is 10.4. The van der Waals surface area contributed by atoms with Crippen LogP contribution >= 0.6 is 11.3 Å².